The van der Waals surface area contributed by atoms with Crippen LogP contribution in [0.5, 0.6) is 0 Å². The van der Waals surface area contributed by atoms with Gasteiger partial charge in [-0.1, -0.05) is 154 Å². The van der Waals surface area contributed by atoms with Gasteiger partial charge in [0, 0.05) is 78.5 Å². The van der Waals surface area contributed by atoms with Gasteiger partial charge in [0.2, 0.25) is 23.6 Å². The maximum atomic E-state index is 14.0. The number of rotatable bonds is 44. The number of nitrogens with one attached hydrogen (secondary N) is 2. The van der Waals surface area contributed by atoms with E-state index >= 15 is 0 Å². The number of carbonyl (C=O) groups is 4. The maximum absolute atomic E-state index is 14.0. The molecule has 2 saturated heterocycles. The van der Waals surface area contributed by atoms with E-state index in [-0.39, 0.29) is 35.5 Å². The number of hydrogen-bond donors (Lipinski definition) is 2. The van der Waals surface area contributed by atoms with Crippen LogP contribution in [0.25, 0.3) is 0 Å². The number of amides is 4. The molecule has 0 aromatic rings. The Labute approximate surface area is 454 Å². The van der Waals surface area contributed by atoms with Gasteiger partial charge in [-0.3, -0.25) is 19.2 Å². The van der Waals surface area contributed by atoms with Crippen molar-refractivity contribution in [2.45, 2.75) is 233 Å². The lowest BCUT2D eigenvalue weighted by atomic mass is 9.95. The maximum Gasteiger partial charge on any atom is 0.243 e. The van der Waals surface area contributed by atoms with Crippen molar-refractivity contribution in [1.82, 2.24) is 25.3 Å². The fraction of sp³-hybridized carbons (Fsp3) is 0.810. The topological polar surface area (TPSA) is 121 Å². The highest BCUT2D eigenvalue weighted by molar-refractivity contribution is 5.88. The summed E-state index contributed by atoms with van der Waals surface area (Å²) >= 11 is 0. The van der Waals surface area contributed by atoms with E-state index < -0.39 is 12.1 Å². The molecule has 2 aliphatic heterocycles. The molecule has 2 N–H and O–H groups in total. The molecular formula is C63H113N5O6. The lowest BCUT2D eigenvalue weighted by Crippen LogP contribution is -2.55. The molecule has 2 aliphatic rings. The summed E-state index contributed by atoms with van der Waals surface area (Å²) in [7, 11) is 2.00. The van der Waals surface area contributed by atoms with E-state index in [0.717, 1.165) is 89.9 Å². The Morgan fingerprint density at radius 2 is 0.797 bits per heavy atom. The van der Waals surface area contributed by atoms with Gasteiger partial charge in [0.05, 0.1) is 0 Å². The molecular weight excluding hydrogens is 923 g/mol. The number of unbranched alkanes of at least 4 members (excludes halogenated alkanes) is 16. The van der Waals surface area contributed by atoms with Crippen LogP contribution in [-0.4, -0.2) is 123 Å². The van der Waals surface area contributed by atoms with Crippen molar-refractivity contribution in [2.24, 2.45) is 23.7 Å². The van der Waals surface area contributed by atoms with Gasteiger partial charge in [-0.2, -0.15) is 0 Å². The molecule has 2 atom stereocenters. The molecule has 2 fully saturated rings. The van der Waals surface area contributed by atoms with Crippen molar-refractivity contribution in [3.8, 4) is 0 Å². The fourth-order valence-corrected chi connectivity index (χ4v) is 10.3. The Morgan fingerprint density at radius 1 is 0.473 bits per heavy atom. The first-order chi connectivity index (χ1) is 36.0. The Hall–Kier alpha value is -3.28. The quantitative estimate of drug-likeness (QED) is 0.0461. The molecule has 0 bridgehead atoms. The third kappa shape index (κ3) is 32.3. The van der Waals surface area contributed by atoms with E-state index in [9.17, 15) is 19.2 Å². The predicted octanol–water partition coefficient (Wildman–Crippen LogP) is 13.3. The summed E-state index contributed by atoms with van der Waals surface area (Å²) in [6.45, 7) is 18.7. The third-order valence-electron chi connectivity index (χ3n) is 15.0. The normalized spacial score (nSPS) is 15.9. The van der Waals surface area contributed by atoms with Gasteiger partial charge < -0.3 is 34.8 Å². The number of carbonyl (C=O) groups excluding carboxylic acids is 4. The zero-order valence-corrected chi connectivity index (χ0v) is 48.7. The minimum Gasteiger partial charge on any atom is -0.381 e. The molecule has 2 heterocycles. The van der Waals surface area contributed by atoms with Crippen LogP contribution >= 0.6 is 0 Å². The monoisotopic (exact) mass is 1040 g/mol. The van der Waals surface area contributed by atoms with Crippen molar-refractivity contribution >= 4 is 23.6 Å². The van der Waals surface area contributed by atoms with Gasteiger partial charge in [0.25, 0.3) is 0 Å². The second-order valence-corrected chi connectivity index (χ2v) is 22.4. The van der Waals surface area contributed by atoms with E-state index in [4.69, 9.17) is 9.47 Å². The van der Waals surface area contributed by atoms with Gasteiger partial charge in [0.15, 0.2) is 0 Å². The summed E-state index contributed by atoms with van der Waals surface area (Å²) in [6.07, 6.45) is 47.9. The summed E-state index contributed by atoms with van der Waals surface area (Å²) in [5.74, 6) is 0.534. The van der Waals surface area contributed by atoms with Crippen molar-refractivity contribution in [1.29, 1.82) is 0 Å². The Morgan fingerprint density at radius 3 is 1.14 bits per heavy atom. The Bertz CT molecular complexity index is 1440. The van der Waals surface area contributed by atoms with Crippen LogP contribution in [-0.2, 0) is 28.7 Å². The summed E-state index contributed by atoms with van der Waals surface area (Å²) in [5.41, 5.74) is 0. The molecule has 74 heavy (non-hydrogen) atoms. The van der Waals surface area contributed by atoms with E-state index in [1.807, 2.05) is 44.5 Å². The molecule has 2 rings (SSSR count). The second-order valence-electron chi connectivity index (χ2n) is 22.4. The number of hydrogen-bond acceptors (Lipinski definition) is 7. The summed E-state index contributed by atoms with van der Waals surface area (Å²) in [6, 6.07) is -1.08. The van der Waals surface area contributed by atoms with Gasteiger partial charge in [-0.25, -0.2) is 0 Å². The minimum atomic E-state index is -0.539. The lowest BCUT2D eigenvalue weighted by molar-refractivity contribution is -0.143. The molecule has 0 saturated carbocycles. The summed E-state index contributed by atoms with van der Waals surface area (Å²) in [4.78, 5) is 61.9. The molecule has 426 valence electrons. The average Bonchev–Trinajstić information content (AvgIpc) is 3.38. The van der Waals surface area contributed by atoms with Crippen LogP contribution in [0.1, 0.15) is 221 Å². The number of allylic oxidation sites excluding steroid dienone is 8. The molecule has 11 nitrogen and oxygen atoms in total. The first-order valence-corrected chi connectivity index (χ1v) is 30.6. The van der Waals surface area contributed by atoms with Gasteiger partial charge in [-0.15, -0.1) is 0 Å². The van der Waals surface area contributed by atoms with Crippen LogP contribution in [0.4, 0.5) is 0 Å². The first-order valence-electron chi connectivity index (χ1n) is 30.6. The van der Waals surface area contributed by atoms with Crippen molar-refractivity contribution in [3.05, 3.63) is 48.6 Å². The van der Waals surface area contributed by atoms with Crippen molar-refractivity contribution in [3.63, 3.8) is 0 Å². The smallest absolute Gasteiger partial charge is 0.243 e. The van der Waals surface area contributed by atoms with Crippen LogP contribution in [0.2, 0.25) is 0 Å². The average molecular weight is 1040 g/mol. The highest BCUT2D eigenvalue weighted by Crippen LogP contribution is 2.24. The lowest BCUT2D eigenvalue weighted by Gasteiger charge is -2.37. The highest BCUT2D eigenvalue weighted by atomic mass is 16.5. The molecule has 0 spiro atoms. The second kappa shape index (κ2) is 44.8. The van der Waals surface area contributed by atoms with E-state index in [1.54, 1.807) is 0 Å². The third-order valence-corrected chi connectivity index (χ3v) is 15.0. The molecule has 0 aromatic carbocycles. The number of nitrogens with zero attached hydrogens (tertiary/aromatic N) is 3. The van der Waals surface area contributed by atoms with Gasteiger partial charge >= 0.3 is 0 Å². The molecule has 0 aliphatic carbocycles. The minimum absolute atomic E-state index is 0.0385. The number of likely N-dealkylation sites (N-methyl/N-ethyl adjacent to an activating group) is 1. The molecule has 0 aromatic heterocycles. The largest absolute Gasteiger partial charge is 0.381 e. The zero-order valence-electron chi connectivity index (χ0n) is 48.7. The fourth-order valence-electron chi connectivity index (χ4n) is 10.3. The summed E-state index contributed by atoms with van der Waals surface area (Å²) < 4.78 is 11.3. The molecule has 0 radical (unpaired) electrons. The molecule has 11 heteroatoms. The Balaban J connectivity index is 1.85. The van der Waals surface area contributed by atoms with Crippen molar-refractivity contribution in [2.75, 3.05) is 72.7 Å². The van der Waals surface area contributed by atoms with E-state index in [0.29, 0.717) is 90.4 Å². The van der Waals surface area contributed by atoms with Gasteiger partial charge in [-0.05, 0) is 133 Å². The van der Waals surface area contributed by atoms with E-state index in [2.05, 4.69) is 78.0 Å². The van der Waals surface area contributed by atoms with Crippen LogP contribution in [0.15, 0.2) is 48.6 Å². The number of ether oxygens (including phenoxy) is 2. The summed E-state index contributed by atoms with van der Waals surface area (Å²) in [5, 5.41) is 6.36. The van der Waals surface area contributed by atoms with Crippen molar-refractivity contribution < 1.29 is 28.7 Å². The first kappa shape index (κ1) is 66.8. The molecule has 2 unspecified atom stereocenters. The zero-order chi connectivity index (χ0) is 53.9. The molecule has 4 amide bonds. The van der Waals surface area contributed by atoms with Crippen LogP contribution in [0.3, 0.4) is 0 Å². The van der Waals surface area contributed by atoms with Crippen LogP contribution in [0, 0.1) is 23.7 Å². The Kier molecular flexibility index (Phi) is 40.5. The van der Waals surface area contributed by atoms with E-state index in [1.165, 1.54) is 77.0 Å². The standard InChI is InChI=1S/C63H113N5O6/c1-8-10-12-14-16-18-20-22-24-26-28-30-32-34-36-38-58(69)67(52-56-40-48-73-49-41-56)60(54(3)4)62(71)64-44-46-66(7)47-45-65-63(72)61(55(5)6)68(53-57-42-50-74-51-43-57)59(70)39-37-35-33-31-29-27-25-23-21-19-17-15-13-11-9-2/h16-19,22-25,54-57,60-61H,8-15,20-21,26-53H2,1-7H3,(H,64,71)(H,65,72)/b18-16-,19-17-,24-22-,25-23-. The van der Waals surface area contributed by atoms with Crippen LogP contribution < -0.4 is 10.6 Å². The SMILES string of the molecule is CCCCC/C=C\C/C=C\CCCCCCCC(=O)N(CC1CCOCC1)C(C(=O)NCCN(C)CCNC(=O)C(C(C)C)N(CC1CCOCC1)C(=O)CCCCCCC/C=C\C/C=C\CCCCC)C(C)C. The van der Waals surface area contributed by atoms with Gasteiger partial charge in [0.1, 0.15) is 12.1 Å². The predicted molar refractivity (Wildman–Crippen MR) is 310 cm³/mol. The highest BCUT2D eigenvalue weighted by Gasteiger charge is 2.35.